The van der Waals surface area contributed by atoms with Gasteiger partial charge in [0.2, 0.25) is 0 Å². The van der Waals surface area contributed by atoms with Gasteiger partial charge in [0.25, 0.3) is 0 Å². The van der Waals surface area contributed by atoms with Gasteiger partial charge in [0.1, 0.15) is 0 Å². The summed E-state index contributed by atoms with van der Waals surface area (Å²) < 4.78 is 4.01. The number of aryl methyl sites for hydroxylation is 1. The largest absolute Gasteiger partial charge is 0.381 e. The quantitative estimate of drug-likeness (QED) is 0.378. The fraction of sp³-hybridized carbons (Fsp3) is 0.533. The van der Waals surface area contributed by atoms with Crippen molar-refractivity contribution in [1.82, 2.24) is 35.0 Å². The molecule has 192 valence electrons. The minimum Gasteiger partial charge on any atom is -0.381 e. The van der Waals surface area contributed by atoms with E-state index in [1.165, 1.54) is 37.8 Å². The topological polar surface area (TPSA) is 72.1 Å². The van der Waals surface area contributed by atoms with E-state index >= 15 is 0 Å². The highest BCUT2D eigenvalue weighted by atomic mass is 15.3. The van der Waals surface area contributed by atoms with Crippen LogP contribution in [0.5, 0.6) is 0 Å². The van der Waals surface area contributed by atoms with E-state index in [1.807, 2.05) is 15.4 Å². The maximum absolute atomic E-state index is 5.13. The molecule has 37 heavy (non-hydrogen) atoms. The number of imidazole rings is 1. The monoisotopic (exact) mass is 495 g/mol. The Morgan fingerprint density at radius 1 is 1.22 bits per heavy atom. The van der Waals surface area contributed by atoms with Gasteiger partial charge >= 0.3 is 0 Å². The summed E-state index contributed by atoms with van der Waals surface area (Å²) in [6.45, 7) is 10.7. The van der Waals surface area contributed by atoms with Gasteiger partial charge in [0, 0.05) is 25.2 Å². The van der Waals surface area contributed by atoms with Crippen molar-refractivity contribution in [3.8, 4) is 0 Å². The zero-order valence-electron chi connectivity index (χ0n) is 22.0. The summed E-state index contributed by atoms with van der Waals surface area (Å²) in [4.78, 5) is 5.13. The van der Waals surface area contributed by atoms with Crippen LogP contribution in [0, 0.1) is 23.2 Å². The Kier molecular flexibility index (Phi) is 5.33. The van der Waals surface area contributed by atoms with Crippen molar-refractivity contribution in [3.05, 3.63) is 71.8 Å². The lowest BCUT2D eigenvalue weighted by molar-refractivity contribution is 0.271. The summed E-state index contributed by atoms with van der Waals surface area (Å²) in [7, 11) is 0. The van der Waals surface area contributed by atoms with Crippen LogP contribution in [-0.4, -0.2) is 30.9 Å². The molecule has 7 rings (SSSR count). The van der Waals surface area contributed by atoms with E-state index in [-0.39, 0.29) is 11.5 Å². The van der Waals surface area contributed by atoms with Crippen LogP contribution in [0.3, 0.4) is 0 Å². The van der Waals surface area contributed by atoms with Crippen molar-refractivity contribution in [2.24, 2.45) is 23.2 Å². The molecule has 0 amide bonds. The van der Waals surface area contributed by atoms with Gasteiger partial charge in [-0.2, -0.15) is 10.2 Å². The second-order valence-electron chi connectivity index (χ2n) is 11.6. The molecule has 3 fully saturated rings. The molecule has 2 saturated carbocycles. The van der Waals surface area contributed by atoms with Crippen LogP contribution in [0.25, 0.3) is 11.3 Å². The molecular weight excluding hydrogens is 458 g/mol. The number of nitrogens with one attached hydrogen (secondary N) is 2. The Morgan fingerprint density at radius 2 is 2.03 bits per heavy atom. The van der Waals surface area contributed by atoms with Crippen LogP contribution < -0.4 is 10.6 Å². The van der Waals surface area contributed by atoms with Gasteiger partial charge in [-0.3, -0.25) is 4.68 Å². The van der Waals surface area contributed by atoms with Crippen LogP contribution in [0.2, 0.25) is 0 Å². The summed E-state index contributed by atoms with van der Waals surface area (Å²) in [5.41, 5.74) is 9.76. The molecule has 4 heterocycles. The molecule has 7 nitrogen and oxygen atoms in total. The third kappa shape index (κ3) is 3.83. The molecule has 4 aliphatic rings. The number of hydrogen-bond acceptors (Lipinski definition) is 5. The zero-order valence-corrected chi connectivity index (χ0v) is 22.0. The third-order valence-electron chi connectivity index (χ3n) is 9.28. The number of piperidine rings is 1. The Bertz CT molecular complexity index is 1400. The minimum atomic E-state index is 0.0510. The molecule has 1 aliphatic heterocycles. The second kappa shape index (κ2) is 8.63. The molecule has 1 saturated heterocycles. The van der Waals surface area contributed by atoms with Gasteiger partial charge in [-0.25, -0.2) is 9.50 Å². The van der Waals surface area contributed by atoms with E-state index in [4.69, 9.17) is 10.1 Å². The van der Waals surface area contributed by atoms with Gasteiger partial charge in [-0.05, 0) is 87.5 Å². The highest BCUT2D eigenvalue weighted by molar-refractivity contribution is 5.59. The average Bonchev–Trinajstić information content (AvgIpc) is 3.82. The van der Waals surface area contributed by atoms with E-state index in [9.17, 15) is 0 Å². The van der Waals surface area contributed by atoms with E-state index in [0.717, 1.165) is 59.8 Å². The van der Waals surface area contributed by atoms with Gasteiger partial charge in [0.15, 0.2) is 5.65 Å². The van der Waals surface area contributed by atoms with Gasteiger partial charge in [-0.1, -0.05) is 13.5 Å². The summed E-state index contributed by atoms with van der Waals surface area (Å²) in [5, 5.41) is 17.0. The number of fused-ring (bicyclic) bond motifs is 2. The zero-order chi connectivity index (χ0) is 25.1. The predicted octanol–water partition coefficient (Wildman–Crippen LogP) is 5.21. The van der Waals surface area contributed by atoms with Gasteiger partial charge in [-0.15, -0.1) is 5.73 Å². The first kappa shape index (κ1) is 22.9. The number of rotatable bonds is 10. The normalized spacial score (nSPS) is 24.2. The second-order valence-corrected chi connectivity index (χ2v) is 11.6. The summed E-state index contributed by atoms with van der Waals surface area (Å²) >= 11 is 0. The van der Waals surface area contributed by atoms with Crippen molar-refractivity contribution in [1.29, 1.82) is 0 Å². The Labute approximate surface area is 218 Å². The van der Waals surface area contributed by atoms with Crippen molar-refractivity contribution in [3.63, 3.8) is 0 Å². The summed E-state index contributed by atoms with van der Waals surface area (Å²) in [6, 6.07) is 6.49. The lowest BCUT2D eigenvalue weighted by Crippen LogP contribution is -2.43. The highest BCUT2D eigenvalue weighted by Crippen LogP contribution is 2.54. The molecule has 0 radical (unpaired) electrons. The molecule has 3 aromatic heterocycles. The number of nitrogens with zero attached hydrogens (tertiary/aromatic N) is 5. The first-order valence-electron chi connectivity index (χ1n) is 14.1. The molecule has 0 aromatic carbocycles. The smallest absolute Gasteiger partial charge is 0.153 e. The molecule has 3 aliphatic carbocycles. The lowest BCUT2D eigenvalue weighted by Gasteiger charge is -2.44. The fourth-order valence-corrected chi connectivity index (χ4v) is 6.82. The Hall–Kier alpha value is -3.31. The van der Waals surface area contributed by atoms with Gasteiger partial charge in [0.05, 0.1) is 46.1 Å². The predicted molar refractivity (Wildman–Crippen MR) is 144 cm³/mol. The number of hydrogen-bond donors (Lipinski definition) is 2. The molecule has 3 unspecified atom stereocenters. The van der Waals surface area contributed by atoms with Crippen molar-refractivity contribution >= 4 is 11.3 Å². The van der Waals surface area contributed by atoms with Crippen LogP contribution in [0.1, 0.15) is 81.4 Å². The highest BCUT2D eigenvalue weighted by Gasteiger charge is 2.47. The first-order chi connectivity index (χ1) is 18.1. The lowest BCUT2D eigenvalue weighted by atomic mass is 9.64. The standard InChI is InChI=1S/C30H37N7/c1-4-36-25(13-17-32-36)20(3)33-29(28(21-6-7-21)22-8-9-22)24-18-37-27(34-24)11-10-23(35-37)19(2)30-14-5-16-31-26(30)12-15-30/h10-11,13,15,17-19,21-22,28-29,31,33H,3-9,14,16H2,1-2H3. The van der Waals surface area contributed by atoms with E-state index in [0.29, 0.717) is 11.8 Å². The number of aromatic nitrogens is 5. The molecule has 0 spiro atoms. The first-order valence-corrected chi connectivity index (χ1v) is 14.1. The Morgan fingerprint density at radius 3 is 2.70 bits per heavy atom. The minimum absolute atomic E-state index is 0.0510. The van der Waals surface area contributed by atoms with Crippen molar-refractivity contribution in [2.45, 2.75) is 70.9 Å². The summed E-state index contributed by atoms with van der Waals surface area (Å²) in [6.07, 6.45) is 13.9. The van der Waals surface area contributed by atoms with Crippen LogP contribution >= 0.6 is 0 Å². The van der Waals surface area contributed by atoms with Gasteiger partial charge < -0.3 is 10.6 Å². The molecule has 2 N–H and O–H groups in total. The average molecular weight is 496 g/mol. The van der Waals surface area contributed by atoms with Crippen molar-refractivity contribution in [2.75, 3.05) is 6.54 Å². The van der Waals surface area contributed by atoms with Crippen LogP contribution in [-0.2, 0) is 6.54 Å². The molecule has 3 atom stereocenters. The molecular formula is C30H37N7. The van der Waals surface area contributed by atoms with E-state index < -0.39 is 0 Å². The third-order valence-corrected chi connectivity index (χ3v) is 9.28. The fourth-order valence-electron chi connectivity index (χ4n) is 6.82. The Balaban J connectivity index is 1.21. The van der Waals surface area contributed by atoms with Crippen LogP contribution in [0.4, 0.5) is 0 Å². The SMILES string of the molecule is C=C(NC(c1cn2nc(C(C)C34C=C=C3NCCC4)ccc2n1)C(C1CC1)C1CC1)c1ccnn1CC. The molecule has 0 bridgehead atoms. The summed E-state index contributed by atoms with van der Waals surface area (Å²) in [5.74, 6) is 2.42. The maximum Gasteiger partial charge on any atom is 0.153 e. The molecule has 3 aromatic rings. The maximum atomic E-state index is 5.13. The van der Waals surface area contributed by atoms with Crippen molar-refractivity contribution < 1.29 is 0 Å². The van der Waals surface area contributed by atoms with E-state index in [2.05, 4.69) is 72.4 Å². The van der Waals surface area contributed by atoms with E-state index in [1.54, 1.807) is 0 Å². The van der Waals surface area contributed by atoms with Crippen LogP contribution in [0.15, 0.2) is 54.7 Å². The molecule has 7 heteroatoms.